The number of rotatable bonds is 7. The van der Waals surface area contributed by atoms with Gasteiger partial charge in [-0.1, -0.05) is 24.6 Å². The molecule has 0 heterocycles. The summed E-state index contributed by atoms with van der Waals surface area (Å²) in [5.74, 6) is 2.17. The second-order valence-electron chi connectivity index (χ2n) is 10.3. The van der Waals surface area contributed by atoms with Gasteiger partial charge in [-0.3, -0.25) is 0 Å². The summed E-state index contributed by atoms with van der Waals surface area (Å²) < 4.78 is 56.0. The van der Waals surface area contributed by atoms with Crippen molar-refractivity contribution in [3.05, 3.63) is 53.6 Å². The molecule has 8 heteroatoms. The minimum Gasteiger partial charge on any atom is -0.219 e. The summed E-state index contributed by atoms with van der Waals surface area (Å²) in [7, 11) is -7.73. The second kappa shape index (κ2) is 8.36. The number of sulfonamides is 1. The average molecular weight is 508 g/mol. The fourth-order valence-corrected chi connectivity index (χ4v) is 10.0. The minimum absolute atomic E-state index is 0.0132. The lowest BCUT2D eigenvalue weighted by atomic mass is 9.47. The SMILES string of the molecule is CCC(NS(=O)(=O)c1cccc(S(=O)(=O)c2ccc(Cl)cc2)c1)C12CC3CC(CC(C3)C1)C2. The van der Waals surface area contributed by atoms with E-state index in [1.54, 1.807) is 0 Å². The van der Waals surface area contributed by atoms with E-state index in [0.29, 0.717) is 5.02 Å². The molecule has 178 valence electrons. The van der Waals surface area contributed by atoms with E-state index >= 15 is 0 Å². The largest absolute Gasteiger partial charge is 0.240 e. The summed E-state index contributed by atoms with van der Waals surface area (Å²) in [5.41, 5.74) is 0.0313. The molecule has 0 spiro atoms. The normalized spacial score (nSPS) is 29.8. The molecule has 5 nitrogen and oxygen atoms in total. The van der Waals surface area contributed by atoms with E-state index in [1.807, 2.05) is 6.92 Å². The van der Waals surface area contributed by atoms with E-state index in [2.05, 4.69) is 4.72 Å². The van der Waals surface area contributed by atoms with Crippen LogP contribution in [0.15, 0.2) is 63.2 Å². The molecule has 1 atom stereocenters. The highest BCUT2D eigenvalue weighted by Crippen LogP contribution is 2.61. The molecule has 0 saturated heterocycles. The first kappa shape index (κ1) is 23.3. The zero-order chi connectivity index (χ0) is 23.4. The summed E-state index contributed by atoms with van der Waals surface area (Å²) in [5, 5.41) is 0.435. The lowest BCUT2D eigenvalue weighted by molar-refractivity contribution is -0.0704. The maximum atomic E-state index is 13.4. The van der Waals surface area contributed by atoms with Gasteiger partial charge in [0.15, 0.2) is 0 Å². The van der Waals surface area contributed by atoms with Crippen LogP contribution in [0.2, 0.25) is 5.02 Å². The van der Waals surface area contributed by atoms with Gasteiger partial charge in [0.1, 0.15) is 0 Å². The van der Waals surface area contributed by atoms with Crippen molar-refractivity contribution >= 4 is 31.5 Å². The third-order valence-corrected chi connectivity index (χ3v) is 11.6. The standard InChI is InChI=1S/C25H30ClNO4S2/c1-2-24(25-14-17-10-18(15-25)12-19(11-17)16-25)27-33(30,31)23-5-3-4-22(13-23)32(28,29)21-8-6-20(26)7-9-21/h3-9,13,17-19,24,27H,2,10-12,14-16H2,1H3. The summed E-state index contributed by atoms with van der Waals surface area (Å²) in [6, 6.07) is 11.4. The predicted octanol–water partition coefficient (Wildman–Crippen LogP) is 5.45. The molecule has 2 aromatic carbocycles. The van der Waals surface area contributed by atoms with Crippen LogP contribution in [0.5, 0.6) is 0 Å². The van der Waals surface area contributed by atoms with Crippen LogP contribution in [-0.4, -0.2) is 22.9 Å². The van der Waals surface area contributed by atoms with Gasteiger partial charge in [0.25, 0.3) is 0 Å². The molecule has 0 amide bonds. The third kappa shape index (κ3) is 4.26. The average Bonchev–Trinajstić information content (AvgIpc) is 2.77. The van der Waals surface area contributed by atoms with Crippen LogP contribution in [0.25, 0.3) is 0 Å². The number of nitrogens with one attached hydrogen (secondary N) is 1. The van der Waals surface area contributed by atoms with Crippen LogP contribution in [0.4, 0.5) is 0 Å². The van der Waals surface area contributed by atoms with E-state index in [9.17, 15) is 16.8 Å². The molecule has 2 aromatic rings. The lowest BCUT2D eigenvalue weighted by Gasteiger charge is -2.59. The van der Waals surface area contributed by atoms with Gasteiger partial charge < -0.3 is 0 Å². The van der Waals surface area contributed by atoms with E-state index in [1.165, 1.54) is 67.8 Å². The third-order valence-electron chi connectivity index (χ3n) is 8.08. The highest BCUT2D eigenvalue weighted by atomic mass is 35.5. The smallest absolute Gasteiger partial charge is 0.219 e. The molecule has 0 radical (unpaired) electrons. The summed E-state index contributed by atoms with van der Waals surface area (Å²) in [6.45, 7) is 2.05. The van der Waals surface area contributed by atoms with E-state index in [0.717, 1.165) is 43.4 Å². The number of sulfone groups is 1. The van der Waals surface area contributed by atoms with Crippen LogP contribution in [-0.2, 0) is 19.9 Å². The first-order valence-electron chi connectivity index (χ1n) is 11.7. The van der Waals surface area contributed by atoms with Crippen LogP contribution in [0.3, 0.4) is 0 Å². The Labute approximate surface area is 201 Å². The molecule has 1 N–H and O–H groups in total. The van der Waals surface area contributed by atoms with Gasteiger partial charge in [0.2, 0.25) is 19.9 Å². The van der Waals surface area contributed by atoms with Crippen LogP contribution >= 0.6 is 11.6 Å². The Hall–Kier alpha value is -1.41. The van der Waals surface area contributed by atoms with E-state index < -0.39 is 19.9 Å². The first-order valence-corrected chi connectivity index (χ1v) is 15.1. The molecular formula is C25H30ClNO4S2. The summed E-state index contributed by atoms with van der Waals surface area (Å²) in [4.78, 5) is 0.0191. The lowest BCUT2D eigenvalue weighted by Crippen LogP contribution is -2.56. The summed E-state index contributed by atoms with van der Waals surface area (Å²) in [6.07, 6.45) is 7.93. The van der Waals surface area contributed by atoms with Gasteiger partial charge in [-0.15, -0.1) is 0 Å². The van der Waals surface area contributed by atoms with Crippen molar-refractivity contribution < 1.29 is 16.8 Å². The molecular weight excluding hydrogens is 478 g/mol. The number of halogens is 1. The Morgan fingerprint density at radius 1 is 0.879 bits per heavy atom. The highest BCUT2D eigenvalue weighted by Gasteiger charge is 2.54. The number of hydrogen-bond donors (Lipinski definition) is 1. The quantitative estimate of drug-likeness (QED) is 0.540. The maximum absolute atomic E-state index is 13.4. The molecule has 4 aliphatic carbocycles. The monoisotopic (exact) mass is 507 g/mol. The minimum atomic E-state index is -3.87. The predicted molar refractivity (Wildman–Crippen MR) is 128 cm³/mol. The first-order chi connectivity index (χ1) is 15.6. The fourth-order valence-electron chi connectivity index (χ4n) is 7.06. The molecule has 33 heavy (non-hydrogen) atoms. The number of hydrogen-bond acceptors (Lipinski definition) is 4. The Balaban J connectivity index is 1.43. The van der Waals surface area contributed by atoms with Gasteiger partial charge in [-0.05, 0) is 111 Å². The van der Waals surface area contributed by atoms with Crippen molar-refractivity contribution in [2.45, 2.75) is 72.6 Å². The molecule has 0 aromatic heterocycles. The zero-order valence-electron chi connectivity index (χ0n) is 18.7. The molecule has 0 aliphatic heterocycles. The Kier molecular flexibility index (Phi) is 5.91. The van der Waals surface area contributed by atoms with Gasteiger partial charge >= 0.3 is 0 Å². The van der Waals surface area contributed by atoms with Gasteiger partial charge in [-0.2, -0.15) is 0 Å². The van der Waals surface area contributed by atoms with Crippen LogP contribution < -0.4 is 4.72 Å². The van der Waals surface area contributed by atoms with Crippen LogP contribution in [0.1, 0.15) is 51.9 Å². The van der Waals surface area contributed by atoms with E-state index in [-0.39, 0.29) is 26.1 Å². The Morgan fingerprint density at radius 3 is 1.97 bits per heavy atom. The van der Waals surface area contributed by atoms with Crippen molar-refractivity contribution in [2.24, 2.45) is 23.2 Å². The molecule has 4 aliphatic rings. The van der Waals surface area contributed by atoms with Gasteiger partial charge in [0, 0.05) is 11.1 Å². The van der Waals surface area contributed by atoms with Crippen molar-refractivity contribution in [3.8, 4) is 0 Å². The molecule has 1 unspecified atom stereocenters. The zero-order valence-corrected chi connectivity index (χ0v) is 21.1. The summed E-state index contributed by atoms with van der Waals surface area (Å²) >= 11 is 5.88. The van der Waals surface area contributed by atoms with Crippen molar-refractivity contribution in [3.63, 3.8) is 0 Å². The molecule has 4 saturated carbocycles. The van der Waals surface area contributed by atoms with Gasteiger partial charge in [0.05, 0.1) is 14.7 Å². The molecule has 4 fully saturated rings. The van der Waals surface area contributed by atoms with Gasteiger partial charge in [-0.25, -0.2) is 21.6 Å². The van der Waals surface area contributed by atoms with Crippen molar-refractivity contribution in [1.29, 1.82) is 0 Å². The topological polar surface area (TPSA) is 80.3 Å². The van der Waals surface area contributed by atoms with Crippen molar-refractivity contribution in [2.75, 3.05) is 0 Å². The second-order valence-corrected chi connectivity index (χ2v) is 14.4. The Morgan fingerprint density at radius 2 is 1.42 bits per heavy atom. The van der Waals surface area contributed by atoms with Crippen LogP contribution in [0, 0.1) is 23.2 Å². The Bertz CT molecular complexity index is 1220. The molecule has 6 rings (SSSR count). The number of benzene rings is 2. The van der Waals surface area contributed by atoms with E-state index in [4.69, 9.17) is 11.6 Å². The molecule has 4 bridgehead atoms. The van der Waals surface area contributed by atoms with Crippen molar-refractivity contribution in [1.82, 2.24) is 4.72 Å². The highest BCUT2D eigenvalue weighted by molar-refractivity contribution is 7.91. The maximum Gasteiger partial charge on any atom is 0.240 e. The fraction of sp³-hybridized carbons (Fsp3) is 0.520.